The third-order valence-electron chi connectivity index (χ3n) is 8.64. The summed E-state index contributed by atoms with van der Waals surface area (Å²) < 4.78 is 55.9. The van der Waals surface area contributed by atoms with Crippen molar-refractivity contribution in [1.29, 1.82) is 0 Å². The summed E-state index contributed by atoms with van der Waals surface area (Å²) in [6.45, 7) is 1.30. The highest BCUT2D eigenvalue weighted by Crippen LogP contribution is 2.48. The van der Waals surface area contributed by atoms with Crippen molar-refractivity contribution in [2.75, 3.05) is 45.7 Å². The van der Waals surface area contributed by atoms with Gasteiger partial charge in [0.25, 0.3) is 23.2 Å². The third-order valence-corrected chi connectivity index (χ3v) is 8.87. The fourth-order valence-electron chi connectivity index (χ4n) is 5.77. The van der Waals surface area contributed by atoms with Crippen LogP contribution in [0.2, 0.25) is 5.02 Å². The van der Waals surface area contributed by atoms with Crippen molar-refractivity contribution in [3.05, 3.63) is 82.6 Å². The second-order valence-corrected chi connectivity index (χ2v) is 12.4. The van der Waals surface area contributed by atoms with Gasteiger partial charge in [0.15, 0.2) is 0 Å². The number of aromatic nitrogens is 2. The van der Waals surface area contributed by atoms with Gasteiger partial charge in [-0.25, -0.2) is 9.78 Å². The number of Topliss-reactive ketones (excluding diaryl/α,β-unsaturated/α-hetero) is 1. The van der Waals surface area contributed by atoms with Gasteiger partial charge in [-0.2, -0.15) is 13.2 Å². The maximum absolute atomic E-state index is 13.6. The van der Waals surface area contributed by atoms with E-state index < -0.39 is 29.6 Å². The number of fused-ring (bicyclic) bond motifs is 2. The maximum Gasteiger partial charge on any atom is 0.445 e. The molecule has 1 atom stereocenters. The average Bonchev–Trinajstić information content (AvgIpc) is 3.88. The number of amides is 3. The smallest absolute Gasteiger partial charge is 0.445 e. The number of benzene rings is 2. The van der Waals surface area contributed by atoms with Gasteiger partial charge in [0.1, 0.15) is 11.3 Å². The van der Waals surface area contributed by atoms with Crippen LogP contribution in [-0.2, 0) is 15.1 Å². The number of cyclic esters (lactones) is 1. The number of methoxy groups -OCH3 is 2. The molecule has 0 spiro atoms. The molecule has 2 aromatic carbocycles. The summed E-state index contributed by atoms with van der Waals surface area (Å²) in [7, 11) is 2.94. The van der Waals surface area contributed by atoms with Gasteiger partial charge < -0.3 is 29.0 Å². The van der Waals surface area contributed by atoms with Gasteiger partial charge in [-0.3, -0.25) is 19.7 Å². The quantitative estimate of drug-likeness (QED) is 0.148. The van der Waals surface area contributed by atoms with Crippen molar-refractivity contribution in [3.8, 4) is 23.5 Å². The molecule has 0 radical (unpaired) electrons. The summed E-state index contributed by atoms with van der Waals surface area (Å²) >= 11 is 5.78. The normalized spacial score (nSPS) is 18.1. The Balaban J connectivity index is 0.000000192. The summed E-state index contributed by atoms with van der Waals surface area (Å²) in [4.78, 5) is 60.3. The number of hydrogen-bond donors (Lipinski definition) is 2. The Morgan fingerprint density at radius 3 is 2.35 bits per heavy atom. The third kappa shape index (κ3) is 7.06. The molecule has 0 unspecified atom stereocenters. The van der Waals surface area contributed by atoms with E-state index in [0.29, 0.717) is 41.2 Å². The fraction of sp³-hybridized carbons (Fsp3) is 0.306. The molecular weight excluding hydrogens is 707 g/mol. The molecule has 52 heavy (non-hydrogen) atoms. The lowest BCUT2D eigenvalue weighted by molar-refractivity contribution is -0.239. The van der Waals surface area contributed by atoms with E-state index in [9.17, 15) is 32.3 Å². The van der Waals surface area contributed by atoms with Gasteiger partial charge in [0.05, 0.1) is 37.1 Å². The van der Waals surface area contributed by atoms with Gasteiger partial charge in [-0.05, 0) is 49.1 Å². The Labute approximate surface area is 300 Å². The van der Waals surface area contributed by atoms with E-state index in [1.54, 1.807) is 17.0 Å². The van der Waals surface area contributed by atoms with Crippen LogP contribution in [0.25, 0.3) is 10.9 Å². The lowest BCUT2D eigenvalue weighted by atomic mass is 9.90. The molecule has 3 aliphatic rings. The average molecular weight is 738 g/mol. The predicted octanol–water partition coefficient (Wildman–Crippen LogP) is 5.82. The predicted molar refractivity (Wildman–Crippen MR) is 182 cm³/mol. The molecule has 7 rings (SSSR count). The van der Waals surface area contributed by atoms with E-state index in [4.69, 9.17) is 21.1 Å². The van der Waals surface area contributed by atoms with Crippen LogP contribution in [0.5, 0.6) is 11.6 Å². The van der Waals surface area contributed by atoms with Gasteiger partial charge in [0, 0.05) is 54.4 Å². The summed E-state index contributed by atoms with van der Waals surface area (Å²) in [5.41, 5.74) is -1.99. The molecule has 2 aromatic heterocycles. The van der Waals surface area contributed by atoms with Crippen molar-refractivity contribution in [1.82, 2.24) is 19.8 Å². The van der Waals surface area contributed by atoms with Crippen molar-refractivity contribution < 1.29 is 46.6 Å². The molecule has 2 aliphatic heterocycles. The van der Waals surface area contributed by atoms with Crippen LogP contribution in [0, 0.1) is 17.8 Å². The van der Waals surface area contributed by atoms with Crippen molar-refractivity contribution >= 4 is 51.9 Å². The highest BCUT2D eigenvalue weighted by Gasteiger charge is 2.62. The van der Waals surface area contributed by atoms with Crippen molar-refractivity contribution in [2.24, 2.45) is 5.92 Å². The van der Waals surface area contributed by atoms with Crippen LogP contribution in [0.15, 0.2) is 60.9 Å². The first-order valence-electron chi connectivity index (χ1n) is 16.0. The zero-order chi connectivity index (χ0) is 37.2. The maximum atomic E-state index is 13.6. The lowest BCUT2D eigenvalue weighted by Gasteiger charge is -2.35. The number of hydrogen-bond acceptors (Lipinski definition) is 8. The standard InChI is InChI=1S/C22H22N4O5.C14H9ClF3NO2/c1-30-16-13-24-20(31-2)18-17(16)15(12-23-18)19(27)22(29)26-10-8-25(9-11-26)21(28)14-6-4-3-5-7-14;15-9-3-4-11-10(7-9)13(14(16,17)18,21-12(20)19-11)6-5-8-1-2-8/h3-7,12-13,23H,8-11H2,1-2H3;3-4,7-8H,1-2H2,(H,19,20)/t;13-/m.0/s1. The molecule has 2 N–H and O–H groups in total. The number of ether oxygens (including phenoxy) is 3. The Hall–Kier alpha value is -5.75. The van der Waals surface area contributed by atoms with Crippen LogP contribution in [-0.4, -0.2) is 90.0 Å². The van der Waals surface area contributed by atoms with Crippen LogP contribution in [0.3, 0.4) is 0 Å². The fourth-order valence-corrected chi connectivity index (χ4v) is 5.94. The molecule has 1 aliphatic carbocycles. The molecule has 16 heteroatoms. The first-order valence-corrected chi connectivity index (χ1v) is 16.4. The molecule has 12 nitrogen and oxygen atoms in total. The lowest BCUT2D eigenvalue weighted by Crippen LogP contribution is -2.52. The number of nitrogens with one attached hydrogen (secondary N) is 2. The number of carbonyl (C=O) groups excluding carboxylic acids is 4. The van der Waals surface area contributed by atoms with Crippen LogP contribution < -0.4 is 14.8 Å². The molecule has 4 heterocycles. The van der Waals surface area contributed by atoms with Crippen LogP contribution >= 0.6 is 11.6 Å². The van der Waals surface area contributed by atoms with E-state index in [1.807, 2.05) is 18.2 Å². The molecule has 1 saturated heterocycles. The molecular formula is C36H31ClF3N5O7. The number of aromatic amines is 1. The Morgan fingerprint density at radius 1 is 1.02 bits per heavy atom. The first-order chi connectivity index (χ1) is 24.9. The highest BCUT2D eigenvalue weighted by molar-refractivity contribution is 6.45. The van der Waals surface area contributed by atoms with Crippen LogP contribution in [0.1, 0.15) is 39.1 Å². The second-order valence-electron chi connectivity index (χ2n) is 12.0. The zero-order valence-electron chi connectivity index (χ0n) is 27.8. The molecule has 4 aromatic rings. The SMILES string of the molecule is COc1ncc(OC)c2c(C(=O)C(=O)N3CCN(C(=O)c4ccccc4)CC3)c[nH]c12.O=C1Nc2ccc(Cl)cc2[C@@](C#CC2CC2)(C(F)(F)F)O1. The van der Waals surface area contributed by atoms with E-state index in [0.717, 1.165) is 18.9 Å². The van der Waals surface area contributed by atoms with E-state index >= 15 is 0 Å². The number of piperazine rings is 1. The van der Waals surface area contributed by atoms with Gasteiger partial charge in [0.2, 0.25) is 5.88 Å². The first kappa shape index (κ1) is 36.1. The second kappa shape index (κ2) is 14.5. The molecule has 2 fully saturated rings. The number of ketones is 1. The number of halogens is 4. The Kier molecular flexibility index (Phi) is 10.0. The molecule has 1 saturated carbocycles. The summed E-state index contributed by atoms with van der Waals surface area (Å²) in [5.74, 6) is 3.91. The largest absolute Gasteiger partial charge is 0.494 e. The summed E-state index contributed by atoms with van der Waals surface area (Å²) in [6, 6.07) is 12.8. The minimum Gasteiger partial charge on any atom is -0.494 e. The van der Waals surface area contributed by atoms with E-state index in [-0.39, 0.29) is 46.8 Å². The minimum absolute atomic E-state index is 0.00179. The van der Waals surface area contributed by atoms with Crippen molar-refractivity contribution in [3.63, 3.8) is 0 Å². The molecule has 3 amide bonds. The number of pyridine rings is 1. The Bertz CT molecular complexity index is 2100. The van der Waals surface area contributed by atoms with Gasteiger partial charge in [-0.15, -0.1) is 0 Å². The number of nitrogens with zero attached hydrogens (tertiary/aromatic N) is 3. The summed E-state index contributed by atoms with van der Waals surface area (Å²) in [6.07, 6.45) is -1.62. The van der Waals surface area contributed by atoms with Crippen molar-refractivity contribution in [2.45, 2.75) is 24.6 Å². The summed E-state index contributed by atoms with van der Waals surface area (Å²) in [5, 5.41) is 2.79. The number of anilines is 1. The number of H-pyrrole nitrogens is 1. The van der Waals surface area contributed by atoms with Gasteiger partial charge >= 0.3 is 12.3 Å². The Morgan fingerprint density at radius 2 is 1.71 bits per heavy atom. The topological polar surface area (TPSA) is 143 Å². The molecule has 270 valence electrons. The monoisotopic (exact) mass is 737 g/mol. The number of alkyl halides is 3. The number of carbonyl (C=O) groups is 4. The molecule has 0 bridgehead atoms. The highest BCUT2D eigenvalue weighted by atomic mass is 35.5. The minimum atomic E-state index is -4.87. The van der Waals surface area contributed by atoms with Gasteiger partial charge in [-0.1, -0.05) is 35.7 Å². The van der Waals surface area contributed by atoms with E-state index in [2.05, 4.69) is 31.9 Å². The van der Waals surface area contributed by atoms with Crippen LogP contribution in [0.4, 0.5) is 23.7 Å². The number of rotatable bonds is 5. The zero-order valence-corrected chi connectivity index (χ0v) is 28.6. The van der Waals surface area contributed by atoms with E-state index in [1.165, 1.54) is 43.6 Å².